The minimum atomic E-state index is -1.75. The number of aryl methyl sites for hydroxylation is 1. The summed E-state index contributed by atoms with van der Waals surface area (Å²) in [6, 6.07) is 7.20. The third-order valence-corrected chi connectivity index (χ3v) is 3.58. The van der Waals surface area contributed by atoms with Crippen LogP contribution in [0.1, 0.15) is 29.4 Å². The Bertz CT molecular complexity index is 785. The van der Waals surface area contributed by atoms with Crippen LogP contribution >= 0.6 is 0 Å². The van der Waals surface area contributed by atoms with Gasteiger partial charge in [0.05, 0.1) is 25.0 Å². The van der Waals surface area contributed by atoms with Gasteiger partial charge in [0.2, 0.25) is 0 Å². The largest absolute Gasteiger partial charge is 0.497 e. The van der Waals surface area contributed by atoms with E-state index in [-0.39, 0.29) is 24.2 Å². The molecule has 7 heteroatoms. The molecule has 2 rings (SSSR count). The highest BCUT2D eigenvalue weighted by Crippen LogP contribution is 2.20. The van der Waals surface area contributed by atoms with Gasteiger partial charge in [-0.3, -0.25) is 0 Å². The summed E-state index contributed by atoms with van der Waals surface area (Å²) < 4.78 is 34.7. The van der Waals surface area contributed by atoms with Gasteiger partial charge in [-0.25, -0.2) is 14.8 Å². The molecular weight excluding hydrogens is 330 g/mol. The first-order valence-corrected chi connectivity index (χ1v) is 7.58. The van der Waals surface area contributed by atoms with E-state index in [2.05, 4.69) is 9.97 Å². The summed E-state index contributed by atoms with van der Waals surface area (Å²) in [5, 5.41) is 0. The highest BCUT2D eigenvalue weighted by Gasteiger charge is 2.14. The minimum Gasteiger partial charge on any atom is -0.497 e. The lowest BCUT2D eigenvalue weighted by Gasteiger charge is -2.08. The number of carbonyl (C=O) groups is 1. The Hall–Kier alpha value is -2.83. The molecule has 0 amide bonds. The van der Waals surface area contributed by atoms with Gasteiger partial charge in [-0.2, -0.15) is 8.78 Å². The maximum atomic E-state index is 12.3. The van der Waals surface area contributed by atoms with Crippen LogP contribution in [0.2, 0.25) is 0 Å². The molecule has 0 spiro atoms. The molecule has 0 aliphatic heterocycles. The number of esters is 1. The second kappa shape index (κ2) is 8.32. The van der Waals surface area contributed by atoms with Crippen molar-refractivity contribution < 1.29 is 23.0 Å². The van der Waals surface area contributed by atoms with Crippen LogP contribution < -0.4 is 4.74 Å². The standard InChI is InChI=1S/C18H18F2N2O3/c1-11(16(19)20)8-9-25-18(23)15-10-21-17(22-12(15)2)13-4-6-14(24-3)7-5-13/h4-7,10H,8-9H2,1-3H3. The molecule has 0 unspecified atom stereocenters. The Morgan fingerprint density at radius 2 is 1.88 bits per heavy atom. The van der Waals surface area contributed by atoms with Crippen molar-refractivity contribution in [1.82, 2.24) is 9.97 Å². The van der Waals surface area contributed by atoms with Crippen molar-refractivity contribution in [3.63, 3.8) is 0 Å². The molecule has 2 aromatic rings. The third-order valence-electron chi connectivity index (χ3n) is 3.58. The van der Waals surface area contributed by atoms with Gasteiger partial charge in [0.15, 0.2) is 5.82 Å². The quantitative estimate of drug-likeness (QED) is 0.733. The number of benzene rings is 1. The van der Waals surface area contributed by atoms with Crippen LogP contribution in [0.25, 0.3) is 11.4 Å². The minimum absolute atomic E-state index is 0.0160. The molecular formula is C18H18F2N2O3. The zero-order chi connectivity index (χ0) is 18.4. The zero-order valence-electron chi connectivity index (χ0n) is 14.2. The van der Waals surface area contributed by atoms with E-state index >= 15 is 0 Å². The molecule has 1 heterocycles. The van der Waals surface area contributed by atoms with E-state index in [4.69, 9.17) is 9.47 Å². The number of hydrogen-bond donors (Lipinski definition) is 0. The third kappa shape index (κ3) is 4.82. The topological polar surface area (TPSA) is 61.3 Å². The van der Waals surface area contributed by atoms with Crippen molar-refractivity contribution in [2.45, 2.75) is 20.3 Å². The van der Waals surface area contributed by atoms with Gasteiger partial charge in [-0.05, 0) is 43.7 Å². The number of carbonyl (C=O) groups excluding carboxylic acids is 1. The van der Waals surface area contributed by atoms with Crippen molar-refractivity contribution in [1.29, 1.82) is 0 Å². The molecule has 0 bridgehead atoms. The summed E-state index contributed by atoms with van der Waals surface area (Å²) in [6.07, 6.45) is -0.389. The average Bonchev–Trinajstić information content (AvgIpc) is 2.61. The second-order valence-corrected chi connectivity index (χ2v) is 5.35. The van der Waals surface area contributed by atoms with Crippen LogP contribution in [0.4, 0.5) is 8.78 Å². The van der Waals surface area contributed by atoms with Crippen LogP contribution in [0.5, 0.6) is 5.75 Å². The molecule has 0 aliphatic rings. The number of rotatable bonds is 6. The SMILES string of the molecule is COc1ccc(-c2ncc(C(=O)OCCC(C)=C(F)F)c(C)n2)cc1. The number of methoxy groups -OCH3 is 1. The molecule has 25 heavy (non-hydrogen) atoms. The molecule has 0 fully saturated rings. The summed E-state index contributed by atoms with van der Waals surface area (Å²) >= 11 is 0. The van der Waals surface area contributed by atoms with E-state index in [0.29, 0.717) is 11.5 Å². The Kier molecular flexibility index (Phi) is 6.16. The van der Waals surface area contributed by atoms with Gasteiger partial charge >= 0.3 is 5.97 Å². The maximum absolute atomic E-state index is 12.3. The number of aromatic nitrogens is 2. The Morgan fingerprint density at radius 3 is 2.44 bits per heavy atom. The number of hydrogen-bond acceptors (Lipinski definition) is 5. The van der Waals surface area contributed by atoms with Crippen molar-refractivity contribution in [3.8, 4) is 17.1 Å². The zero-order valence-corrected chi connectivity index (χ0v) is 14.2. The van der Waals surface area contributed by atoms with Gasteiger partial charge in [0.1, 0.15) is 5.75 Å². The Balaban J connectivity index is 2.07. The molecule has 132 valence electrons. The molecule has 5 nitrogen and oxygen atoms in total. The number of halogens is 2. The highest BCUT2D eigenvalue weighted by atomic mass is 19.3. The van der Waals surface area contributed by atoms with Gasteiger partial charge < -0.3 is 9.47 Å². The van der Waals surface area contributed by atoms with E-state index < -0.39 is 12.0 Å². The van der Waals surface area contributed by atoms with Crippen LogP contribution in [0.3, 0.4) is 0 Å². The summed E-state index contributed by atoms with van der Waals surface area (Å²) in [5.74, 6) is 0.551. The van der Waals surface area contributed by atoms with Crippen molar-refractivity contribution >= 4 is 5.97 Å². The Morgan fingerprint density at radius 1 is 1.20 bits per heavy atom. The molecule has 1 aromatic carbocycles. The van der Waals surface area contributed by atoms with Gasteiger partial charge in [-0.1, -0.05) is 0 Å². The fourth-order valence-electron chi connectivity index (χ4n) is 2.02. The van der Waals surface area contributed by atoms with Gasteiger partial charge in [0.25, 0.3) is 6.08 Å². The smallest absolute Gasteiger partial charge is 0.341 e. The van der Waals surface area contributed by atoms with E-state index in [0.717, 1.165) is 11.3 Å². The molecule has 0 aliphatic carbocycles. The van der Waals surface area contributed by atoms with Gasteiger partial charge in [0, 0.05) is 18.2 Å². The lowest BCUT2D eigenvalue weighted by molar-refractivity contribution is 0.0506. The summed E-state index contributed by atoms with van der Waals surface area (Å²) in [6.45, 7) is 2.83. The Labute approximate surface area is 144 Å². The highest BCUT2D eigenvalue weighted by molar-refractivity contribution is 5.90. The predicted molar refractivity (Wildman–Crippen MR) is 88.6 cm³/mol. The fraction of sp³-hybridized carbons (Fsp3) is 0.278. The molecule has 0 atom stereocenters. The summed E-state index contributed by atoms with van der Waals surface area (Å²) in [4.78, 5) is 20.5. The number of nitrogens with zero attached hydrogens (tertiary/aromatic N) is 2. The first-order valence-electron chi connectivity index (χ1n) is 7.58. The molecule has 0 N–H and O–H groups in total. The monoisotopic (exact) mass is 348 g/mol. The van der Waals surface area contributed by atoms with E-state index in [1.165, 1.54) is 13.1 Å². The van der Waals surface area contributed by atoms with E-state index in [1.807, 2.05) is 12.1 Å². The first kappa shape index (κ1) is 18.5. The normalized spacial score (nSPS) is 10.3. The van der Waals surface area contributed by atoms with Crippen LogP contribution in [0.15, 0.2) is 42.1 Å². The molecule has 0 saturated heterocycles. The van der Waals surface area contributed by atoms with E-state index in [9.17, 15) is 13.6 Å². The molecule has 0 saturated carbocycles. The fourth-order valence-corrected chi connectivity index (χ4v) is 2.02. The summed E-state index contributed by atoms with van der Waals surface area (Å²) in [7, 11) is 1.58. The van der Waals surface area contributed by atoms with Crippen molar-refractivity contribution in [3.05, 3.63) is 53.4 Å². The predicted octanol–water partition coefficient (Wildman–Crippen LogP) is 4.18. The van der Waals surface area contributed by atoms with Crippen molar-refractivity contribution in [2.75, 3.05) is 13.7 Å². The average molecular weight is 348 g/mol. The maximum Gasteiger partial charge on any atom is 0.341 e. The molecule has 0 radical (unpaired) electrons. The number of ether oxygens (including phenoxy) is 2. The molecule has 1 aromatic heterocycles. The first-order chi connectivity index (χ1) is 11.9. The summed E-state index contributed by atoms with van der Waals surface area (Å²) in [5.41, 5.74) is 1.34. The van der Waals surface area contributed by atoms with E-state index in [1.54, 1.807) is 26.2 Å². The second-order valence-electron chi connectivity index (χ2n) is 5.35. The van der Waals surface area contributed by atoms with Gasteiger partial charge in [-0.15, -0.1) is 0 Å². The van der Waals surface area contributed by atoms with Crippen LogP contribution in [0, 0.1) is 6.92 Å². The van der Waals surface area contributed by atoms with Crippen LogP contribution in [-0.4, -0.2) is 29.7 Å². The lowest BCUT2D eigenvalue weighted by Crippen LogP contribution is -2.10. The lowest BCUT2D eigenvalue weighted by atomic mass is 10.2. The van der Waals surface area contributed by atoms with Crippen LogP contribution in [-0.2, 0) is 4.74 Å². The van der Waals surface area contributed by atoms with Crippen molar-refractivity contribution in [2.24, 2.45) is 0 Å².